The maximum absolute atomic E-state index is 13.7. The number of likely N-dealkylation sites (tertiary alicyclic amines) is 1. The molecule has 2 fully saturated rings. The van der Waals surface area contributed by atoms with Crippen molar-refractivity contribution in [3.8, 4) is 0 Å². The zero-order valence-electron chi connectivity index (χ0n) is 14.6. The SMILES string of the molecule is O=C(Cc1cc(F)ccc1F)N1CCCC(S(=O)(=O)NC2CCCC2)C1. The van der Waals surface area contributed by atoms with Gasteiger partial charge >= 0.3 is 0 Å². The molecule has 0 radical (unpaired) electrons. The minimum atomic E-state index is -3.50. The lowest BCUT2D eigenvalue weighted by atomic mass is 10.1. The fourth-order valence-corrected chi connectivity index (χ4v) is 5.49. The molecule has 0 spiro atoms. The van der Waals surface area contributed by atoms with Crippen molar-refractivity contribution in [3.63, 3.8) is 0 Å². The van der Waals surface area contributed by atoms with E-state index in [1.165, 1.54) is 4.90 Å². The van der Waals surface area contributed by atoms with Crippen LogP contribution in [0.4, 0.5) is 8.78 Å². The van der Waals surface area contributed by atoms with Crippen LogP contribution in [0, 0.1) is 11.6 Å². The van der Waals surface area contributed by atoms with Gasteiger partial charge in [0.15, 0.2) is 0 Å². The molecule has 1 atom stereocenters. The van der Waals surface area contributed by atoms with E-state index >= 15 is 0 Å². The lowest BCUT2D eigenvalue weighted by Gasteiger charge is -2.33. The molecule has 144 valence electrons. The van der Waals surface area contributed by atoms with E-state index < -0.39 is 26.9 Å². The Morgan fingerprint density at radius 2 is 1.88 bits per heavy atom. The number of nitrogens with one attached hydrogen (secondary N) is 1. The van der Waals surface area contributed by atoms with Gasteiger partial charge in [-0.25, -0.2) is 21.9 Å². The Morgan fingerprint density at radius 1 is 1.15 bits per heavy atom. The van der Waals surface area contributed by atoms with E-state index in [4.69, 9.17) is 0 Å². The number of nitrogens with zero attached hydrogens (tertiary/aromatic N) is 1. The lowest BCUT2D eigenvalue weighted by Crippen LogP contribution is -2.50. The highest BCUT2D eigenvalue weighted by Gasteiger charge is 2.34. The fraction of sp³-hybridized carbons (Fsp3) is 0.611. The van der Waals surface area contributed by atoms with Crippen molar-refractivity contribution in [1.82, 2.24) is 9.62 Å². The van der Waals surface area contributed by atoms with Gasteiger partial charge in [0.05, 0.1) is 11.7 Å². The number of carbonyl (C=O) groups excluding carboxylic acids is 1. The van der Waals surface area contributed by atoms with Gasteiger partial charge in [-0.3, -0.25) is 4.79 Å². The molecule has 0 bridgehead atoms. The molecule has 1 amide bonds. The summed E-state index contributed by atoms with van der Waals surface area (Å²) in [6, 6.07) is 2.99. The average molecular weight is 386 g/mol. The van der Waals surface area contributed by atoms with Crippen LogP contribution >= 0.6 is 0 Å². The van der Waals surface area contributed by atoms with E-state index in [0.29, 0.717) is 19.4 Å². The van der Waals surface area contributed by atoms with Crippen LogP contribution < -0.4 is 4.72 Å². The van der Waals surface area contributed by atoms with Gasteiger partial charge in [0.1, 0.15) is 11.6 Å². The summed E-state index contributed by atoms with van der Waals surface area (Å²) in [7, 11) is -3.50. The highest BCUT2D eigenvalue weighted by Crippen LogP contribution is 2.23. The molecule has 0 aromatic heterocycles. The first kappa shape index (κ1) is 19.2. The highest BCUT2D eigenvalue weighted by atomic mass is 32.2. The molecular formula is C18H24F2N2O3S. The molecule has 1 aliphatic heterocycles. The minimum Gasteiger partial charge on any atom is -0.341 e. The summed E-state index contributed by atoms with van der Waals surface area (Å²) in [6.45, 7) is 0.531. The minimum absolute atomic E-state index is 0.00697. The average Bonchev–Trinajstić information content (AvgIpc) is 3.10. The Balaban J connectivity index is 1.63. The second kappa shape index (κ2) is 8.00. The van der Waals surface area contributed by atoms with Crippen LogP contribution in [0.1, 0.15) is 44.1 Å². The second-order valence-corrected chi connectivity index (χ2v) is 9.15. The topological polar surface area (TPSA) is 66.5 Å². The van der Waals surface area contributed by atoms with E-state index in [0.717, 1.165) is 43.9 Å². The van der Waals surface area contributed by atoms with Crippen LogP contribution in [-0.2, 0) is 21.2 Å². The van der Waals surface area contributed by atoms with Crippen molar-refractivity contribution in [2.45, 2.75) is 56.2 Å². The Kier molecular flexibility index (Phi) is 5.92. The Hall–Kier alpha value is -1.54. The fourth-order valence-electron chi connectivity index (χ4n) is 3.74. The molecule has 3 rings (SSSR count). The van der Waals surface area contributed by atoms with Gasteiger partial charge in [0, 0.05) is 24.7 Å². The van der Waals surface area contributed by atoms with Crippen molar-refractivity contribution in [3.05, 3.63) is 35.4 Å². The molecule has 2 aliphatic rings. The van der Waals surface area contributed by atoms with Gasteiger partial charge < -0.3 is 4.90 Å². The summed E-state index contributed by atoms with van der Waals surface area (Å²) < 4.78 is 55.0. The molecule has 1 N–H and O–H groups in total. The third-order valence-corrected chi connectivity index (χ3v) is 7.13. The summed E-state index contributed by atoms with van der Waals surface area (Å²) in [4.78, 5) is 13.9. The molecule has 26 heavy (non-hydrogen) atoms. The molecular weight excluding hydrogens is 362 g/mol. The monoisotopic (exact) mass is 386 g/mol. The molecule has 1 aromatic carbocycles. The molecule has 1 saturated carbocycles. The lowest BCUT2D eigenvalue weighted by molar-refractivity contribution is -0.131. The molecule has 5 nitrogen and oxygen atoms in total. The van der Waals surface area contributed by atoms with Crippen LogP contribution in [0.25, 0.3) is 0 Å². The van der Waals surface area contributed by atoms with Crippen LogP contribution in [0.3, 0.4) is 0 Å². The molecule has 8 heteroatoms. The van der Waals surface area contributed by atoms with Gasteiger partial charge in [0.2, 0.25) is 15.9 Å². The van der Waals surface area contributed by atoms with E-state index in [1.807, 2.05) is 0 Å². The van der Waals surface area contributed by atoms with Crippen molar-refractivity contribution >= 4 is 15.9 Å². The van der Waals surface area contributed by atoms with Gasteiger partial charge in [-0.2, -0.15) is 0 Å². The number of halogens is 2. The first-order valence-corrected chi connectivity index (χ1v) is 10.6. The third-order valence-electron chi connectivity index (χ3n) is 5.21. The predicted molar refractivity (Wildman–Crippen MR) is 94.0 cm³/mol. The number of benzene rings is 1. The number of rotatable bonds is 5. The maximum Gasteiger partial charge on any atom is 0.227 e. The first-order chi connectivity index (χ1) is 12.3. The van der Waals surface area contributed by atoms with Crippen LogP contribution in [0.15, 0.2) is 18.2 Å². The van der Waals surface area contributed by atoms with E-state index in [9.17, 15) is 22.0 Å². The number of carbonyl (C=O) groups is 1. The number of piperidine rings is 1. The van der Waals surface area contributed by atoms with Crippen molar-refractivity contribution in [2.24, 2.45) is 0 Å². The number of amides is 1. The Bertz CT molecular complexity index is 764. The third kappa shape index (κ3) is 4.59. The predicted octanol–water partition coefficient (Wildman–Crippen LogP) is 2.36. The summed E-state index contributed by atoms with van der Waals surface area (Å²) in [5, 5.41) is -0.654. The van der Waals surface area contributed by atoms with E-state index in [1.54, 1.807) is 0 Å². The molecule has 1 saturated heterocycles. The molecule has 1 unspecified atom stereocenters. The quantitative estimate of drug-likeness (QED) is 0.845. The number of hydrogen-bond donors (Lipinski definition) is 1. The maximum atomic E-state index is 13.7. The van der Waals surface area contributed by atoms with Crippen LogP contribution in [-0.4, -0.2) is 43.6 Å². The highest BCUT2D eigenvalue weighted by molar-refractivity contribution is 7.90. The van der Waals surface area contributed by atoms with Gasteiger partial charge in [-0.05, 0) is 43.9 Å². The summed E-state index contributed by atoms with van der Waals surface area (Å²) >= 11 is 0. The summed E-state index contributed by atoms with van der Waals surface area (Å²) in [6.07, 6.45) is 4.57. The summed E-state index contributed by atoms with van der Waals surface area (Å²) in [5.74, 6) is -1.62. The van der Waals surface area contributed by atoms with E-state index in [2.05, 4.69) is 4.72 Å². The summed E-state index contributed by atoms with van der Waals surface area (Å²) in [5.41, 5.74) is -0.0101. The van der Waals surface area contributed by atoms with Gasteiger partial charge in [-0.1, -0.05) is 12.8 Å². The zero-order chi connectivity index (χ0) is 18.7. The van der Waals surface area contributed by atoms with Crippen molar-refractivity contribution < 1.29 is 22.0 Å². The Morgan fingerprint density at radius 3 is 2.62 bits per heavy atom. The van der Waals surface area contributed by atoms with Crippen LogP contribution in [0.5, 0.6) is 0 Å². The second-order valence-electron chi connectivity index (χ2n) is 7.16. The Labute approximate surface area is 152 Å². The van der Waals surface area contributed by atoms with Crippen molar-refractivity contribution in [2.75, 3.05) is 13.1 Å². The van der Waals surface area contributed by atoms with E-state index in [-0.39, 0.29) is 30.5 Å². The molecule has 1 aromatic rings. The van der Waals surface area contributed by atoms with Gasteiger partial charge in [-0.15, -0.1) is 0 Å². The molecule has 1 aliphatic carbocycles. The number of hydrogen-bond acceptors (Lipinski definition) is 3. The normalized spacial score (nSPS) is 21.9. The first-order valence-electron chi connectivity index (χ1n) is 9.08. The molecule has 1 heterocycles. The zero-order valence-corrected chi connectivity index (χ0v) is 15.4. The smallest absolute Gasteiger partial charge is 0.227 e. The standard InChI is InChI=1S/C18H24F2N2O3S/c19-14-7-8-17(20)13(10-14)11-18(23)22-9-3-6-16(12-22)26(24,25)21-15-4-1-2-5-15/h7-8,10,15-16,21H,1-6,9,11-12H2. The number of sulfonamides is 1. The van der Waals surface area contributed by atoms with Gasteiger partial charge in [0.25, 0.3) is 0 Å². The largest absolute Gasteiger partial charge is 0.341 e. The van der Waals surface area contributed by atoms with Crippen LogP contribution in [0.2, 0.25) is 0 Å². The van der Waals surface area contributed by atoms with Crippen molar-refractivity contribution in [1.29, 1.82) is 0 Å².